The maximum Gasteiger partial charge on any atom is 0.171 e. The van der Waals surface area contributed by atoms with Crippen LogP contribution >= 0.6 is 11.6 Å². The summed E-state index contributed by atoms with van der Waals surface area (Å²) in [6, 6.07) is 4.20. The zero-order chi connectivity index (χ0) is 12.4. The Bertz CT molecular complexity index is 545. The third-order valence-electron chi connectivity index (χ3n) is 2.36. The quantitative estimate of drug-likeness (QED) is 0.787. The van der Waals surface area contributed by atoms with Gasteiger partial charge in [0.05, 0.1) is 16.8 Å². The molecular weight excluding hydrogens is 243 g/mol. The number of benzene rings is 1. The van der Waals surface area contributed by atoms with E-state index in [4.69, 9.17) is 11.6 Å². The lowest BCUT2D eigenvalue weighted by Gasteiger charge is -2.03. The summed E-state index contributed by atoms with van der Waals surface area (Å²) in [4.78, 5) is 11.9. The predicted molar refractivity (Wildman–Crippen MR) is 62.7 cm³/mol. The van der Waals surface area contributed by atoms with Gasteiger partial charge in [0.15, 0.2) is 5.78 Å². The lowest BCUT2D eigenvalue weighted by atomic mass is 10.0. The molecule has 3 nitrogen and oxygen atoms in total. The van der Waals surface area contributed by atoms with Gasteiger partial charge in [-0.05, 0) is 17.7 Å². The summed E-state index contributed by atoms with van der Waals surface area (Å²) in [5.74, 6) is -0.938. The van der Waals surface area contributed by atoms with Gasteiger partial charge in [-0.3, -0.25) is 9.48 Å². The molecule has 17 heavy (non-hydrogen) atoms. The zero-order valence-electron chi connectivity index (χ0n) is 9.15. The van der Waals surface area contributed by atoms with E-state index in [0.717, 1.165) is 5.56 Å². The Labute approximate surface area is 103 Å². The number of aromatic nitrogens is 2. The molecule has 0 fully saturated rings. The largest absolute Gasteiger partial charge is 0.294 e. The second-order valence-electron chi connectivity index (χ2n) is 3.72. The molecule has 0 amide bonds. The SMILES string of the molecule is Cn1cc(CC(=O)c2c(F)cccc2Cl)cn1. The minimum atomic E-state index is -0.591. The van der Waals surface area contributed by atoms with Gasteiger partial charge in [-0.1, -0.05) is 17.7 Å². The standard InChI is InChI=1S/C12H10ClFN2O/c1-16-7-8(6-15-16)5-11(17)12-9(13)3-2-4-10(12)14/h2-4,6-7H,5H2,1H3. The number of rotatable bonds is 3. The van der Waals surface area contributed by atoms with Crippen LogP contribution in [0.3, 0.4) is 0 Å². The number of aryl methyl sites for hydroxylation is 1. The molecule has 0 atom stereocenters. The molecule has 0 aliphatic carbocycles. The van der Waals surface area contributed by atoms with E-state index in [1.54, 1.807) is 24.1 Å². The number of nitrogens with zero attached hydrogens (tertiary/aromatic N) is 2. The van der Waals surface area contributed by atoms with Crippen LogP contribution < -0.4 is 0 Å². The van der Waals surface area contributed by atoms with Gasteiger partial charge < -0.3 is 0 Å². The van der Waals surface area contributed by atoms with Gasteiger partial charge in [-0.15, -0.1) is 0 Å². The summed E-state index contributed by atoms with van der Waals surface area (Å²) in [5.41, 5.74) is 0.676. The van der Waals surface area contributed by atoms with Gasteiger partial charge in [0.2, 0.25) is 0 Å². The molecule has 0 aliphatic heterocycles. The maximum absolute atomic E-state index is 13.5. The van der Waals surface area contributed by atoms with E-state index in [2.05, 4.69) is 5.10 Å². The molecule has 0 saturated carbocycles. The van der Waals surface area contributed by atoms with Crippen LogP contribution in [0.15, 0.2) is 30.6 Å². The second kappa shape index (κ2) is 4.67. The third-order valence-corrected chi connectivity index (χ3v) is 2.68. The molecule has 1 aromatic carbocycles. The van der Waals surface area contributed by atoms with Crippen molar-refractivity contribution < 1.29 is 9.18 Å². The fraction of sp³-hybridized carbons (Fsp3) is 0.167. The first-order chi connectivity index (χ1) is 8.08. The zero-order valence-corrected chi connectivity index (χ0v) is 9.91. The average molecular weight is 253 g/mol. The summed E-state index contributed by atoms with van der Waals surface area (Å²) in [7, 11) is 1.75. The summed E-state index contributed by atoms with van der Waals surface area (Å²) in [5, 5.41) is 4.08. The van der Waals surface area contributed by atoms with Crippen LogP contribution in [0.4, 0.5) is 4.39 Å². The van der Waals surface area contributed by atoms with Gasteiger partial charge in [-0.25, -0.2) is 4.39 Å². The van der Waals surface area contributed by atoms with Crippen LogP contribution in [-0.4, -0.2) is 15.6 Å². The van der Waals surface area contributed by atoms with E-state index in [1.165, 1.54) is 18.2 Å². The van der Waals surface area contributed by atoms with Gasteiger partial charge in [0.1, 0.15) is 5.82 Å². The van der Waals surface area contributed by atoms with Gasteiger partial charge >= 0.3 is 0 Å². The van der Waals surface area contributed by atoms with Crippen molar-refractivity contribution in [2.24, 2.45) is 7.05 Å². The molecule has 1 heterocycles. The van der Waals surface area contributed by atoms with Crippen molar-refractivity contribution in [3.8, 4) is 0 Å². The Kier molecular flexibility index (Phi) is 3.24. The number of Topliss-reactive ketones (excluding diaryl/α,β-unsaturated/α-hetero) is 1. The third kappa shape index (κ3) is 2.53. The van der Waals surface area contributed by atoms with E-state index in [-0.39, 0.29) is 22.8 Å². The number of carbonyl (C=O) groups excluding carboxylic acids is 1. The predicted octanol–water partition coefficient (Wildman–Crippen LogP) is 2.64. The minimum Gasteiger partial charge on any atom is -0.294 e. The molecular formula is C12H10ClFN2O. The number of carbonyl (C=O) groups is 1. The summed E-state index contributed by atoms with van der Waals surface area (Å²) >= 11 is 5.81. The monoisotopic (exact) mass is 252 g/mol. The molecule has 2 rings (SSSR count). The van der Waals surface area contributed by atoms with Crippen molar-refractivity contribution >= 4 is 17.4 Å². The molecule has 0 saturated heterocycles. The molecule has 0 unspecified atom stereocenters. The lowest BCUT2D eigenvalue weighted by molar-refractivity contribution is 0.0989. The fourth-order valence-corrected chi connectivity index (χ4v) is 1.87. The Hall–Kier alpha value is -1.68. The van der Waals surface area contributed by atoms with E-state index in [0.29, 0.717) is 0 Å². The molecule has 0 aliphatic rings. The average Bonchev–Trinajstić information content (AvgIpc) is 2.63. The van der Waals surface area contributed by atoms with Gasteiger partial charge in [-0.2, -0.15) is 5.10 Å². The van der Waals surface area contributed by atoms with Crippen LogP contribution in [0, 0.1) is 5.82 Å². The highest BCUT2D eigenvalue weighted by molar-refractivity contribution is 6.34. The van der Waals surface area contributed by atoms with E-state index >= 15 is 0 Å². The number of halogens is 2. The molecule has 5 heteroatoms. The number of ketones is 1. The van der Waals surface area contributed by atoms with E-state index < -0.39 is 5.82 Å². The van der Waals surface area contributed by atoms with E-state index in [9.17, 15) is 9.18 Å². The maximum atomic E-state index is 13.5. The molecule has 2 aromatic rings. The van der Waals surface area contributed by atoms with Crippen molar-refractivity contribution in [1.82, 2.24) is 9.78 Å². The smallest absolute Gasteiger partial charge is 0.171 e. The minimum absolute atomic E-state index is 0.0574. The molecule has 1 aromatic heterocycles. The fourth-order valence-electron chi connectivity index (χ4n) is 1.60. The highest BCUT2D eigenvalue weighted by atomic mass is 35.5. The molecule has 0 spiro atoms. The van der Waals surface area contributed by atoms with Crippen LogP contribution in [0.1, 0.15) is 15.9 Å². The van der Waals surface area contributed by atoms with Crippen LogP contribution in [0.5, 0.6) is 0 Å². The van der Waals surface area contributed by atoms with Crippen molar-refractivity contribution in [2.75, 3.05) is 0 Å². The number of hydrogen-bond acceptors (Lipinski definition) is 2. The first-order valence-corrected chi connectivity index (χ1v) is 5.40. The van der Waals surface area contributed by atoms with Crippen LogP contribution in [0.2, 0.25) is 5.02 Å². The Balaban J connectivity index is 2.26. The summed E-state index contributed by atoms with van der Waals surface area (Å²) < 4.78 is 15.1. The Morgan fingerprint density at radius 2 is 2.29 bits per heavy atom. The second-order valence-corrected chi connectivity index (χ2v) is 4.13. The lowest BCUT2D eigenvalue weighted by Crippen LogP contribution is -2.06. The van der Waals surface area contributed by atoms with Crippen LogP contribution in [0.25, 0.3) is 0 Å². The Morgan fingerprint density at radius 1 is 1.53 bits per heavy atom. The molecule has 0 bridgehead atoms. The Morgan fingerprint density at radius 3 is 2.88 bits per heavy atom. The highest BCUT2D eigenvalue weighted by Crippen LogP contribution is 2.20. The van der Waals surface area contributed by atoms with Crippen LogP contribution in [-0.2, 0) is 13.5 Å². The molecule has 0 radical (unpaired) electrons. The summed E-state index contributed by atoms with van der Waals surface area (Å²) in [6.45, 7) is 0. The first kappa shape index (κ1) is 11.8. The van der Waals surface area contributed by atoms with Crippen molar-refractivity contribution in [1.29, 1.82) is 0 Å². The normalized spacial score (nSPS) is 10.5. The van der Waals surface area contributed by atoms with Gasteiger partial charge in [0, 0.05) is 19.7 Å². The first-order valence-electron chi connectivity index (χ1n) is 5.02. The topological polar surface area (TPSA) is 34.9 Å². The molecule has 0 N–H and O–H groups in total. The number of hydrogen-bond donors (Lipinski definition) is 0. The molecule has 88 valence electrons. The highest BCUT2D eigenvalue weighted by Gasteiger charge is 2.16. The van der Waals surface area contributed by atoms with Gasteiger partial charge in [0.25, 0.3) is 0 Å². The van der Waals surface area contributed by atoms with Crippen molar-refractivity contribution in [3.63, 3.8) is 0 Å². The van der Waals surface area contributed by atoms with Crippen molar-refractivity contribution in [2.45, 2.75) is 6.42 Å². The summed E-state index contributed by atoms with van der Waals surface area (Å²) in [6.07, 6.45) is 3.38. The van der Waals surface area contributed by atoms with E-state index in [1.807, 2.05) is 0 Å². The van der Waals surface area contributed by atoms with Crippen molar-refractivity contribution in [3.05, 3.63) is 52.6 Å².